The summed E-state index contributed by atoms with van der Waals surface area (Å²) in [4.78, 5) is 20.3. The first-order valence-corrected chi connectivity index (χ1v) is 14.9. The SMILES string of the molecule is COc1cc(-c2cc(-c3ccccc3)nc(SCCC(=O)N(c3ccccc3)c3ccccc3)c2C#N)cc(OC)c1OC. The van der Waals surface area contributed by atoms with Crippen molar-refractivity contribution in [2.45, 2.75) is 11.4 Å². The fourth-order valence-corrected chi connectivity index (χ4v) is 5.83. The lowest BCUT2D eigenvalue weighted by Gasteiger charge is -2.23. The lowest BCUT2D eigenvalue weighted by molar-refractivity contribution is -0.117. The summed E-state index contributed by atoms with van der Waals surface area (Å²) >= 11 is 1.38. The van der Waals surface area contributed by atoms with Crippen LogP contribution in [0.15, 0.2) is 114 Å². The van der Waals surface area contributed by atoms with Gasteiger partial charge in [-0.1, -0.05) is 66.7 Å². The third-order valence-corrected chi connectivity index (χ3v) is 7.95. The third kappa shape index (κ3) is 6.54. The Labute approximate surface area is 261 Å². The summed E-state index contributed by atoms with van der Waals surface area (Å²) in [5, 5.41) is 10.9. The number of para-hydroxylation sites is 2. The highest BCUT2D eigenvalue weighted by atomic mass is 32.2. The molecule has 0 saturated heterocycles. The molecule has 4 aromatic carbocycles. The number of nitriles is 1. The number of anilines is 2. The van der Waals surface area contributed by atoms with Crippen LogP contribution in [0, 0.1) is 11.3 Å². The highest BCUT2D eigenvalue weighted by molar-refractivity contribution is 7.99. The van der Waals surface area contributed by atoms with E-state index in [9.17, 15) is 10.1 Å². The number of carbonyl (C=O) groups is 1. The molecule has 0 aliphatic rings. The van der Waals surface area contributed by atoms with Crippen molar-refractivity contribution in [1.82, 2.24) is 4.98 Å². The Morgan fingerprint density at radius 2 is 1.32 bits per heavy atom. The number of methoxy groups -OCH3 is 3. The summed E-state index contributed by atoms with van der Waals surface area (Å²) < 4.78 is 16.7. The van der Waals surface area contributed by atoms with Gasteiger partial charge < -0.3 is 14.2 Å². The summed E-state index contributed by atoms with van der Waals surface area (Å²) in [7, 11) is 4.66. The van der Waals surface area contributed by atoms with Crippen LogP contribution in [0.3, 0.4) is 0 Å². The van der Waals surface area contributed by atoms with Crippen molar-refractivity contribution in [3.8, 4) is 45.7 Å². The van der Waals surface area contributed by atoms with E-state index in [0.717, 1.165) is 16.9 Å². The van der Waals surface area contributed by atoms with Crippen molar-refractivity contribution in [3.05, 3.63) is 115 Å². The van der Waals surface area contributed by atoms with E-state index in [4.69, 9.17) is 19.2 Å². The molecule has 0 N–H and O–H groups in total. The van der Waals surface area contributed by atoms with Gasteiger partial charge in [-0.15, -0.1) is 11.8 Å². The molecule has 0 spiro atoms. The Kier molecular flexibility index (Phi) is 9.80. The predicted octanol–water partition coefficient (Wildman–Crippen LogP) is 8.16. The molecular formula is C36H31N3O4S. The molecule has 0 bridgehead atoms. The van der Waals surface area contributed by atoms with Gasteiger partial charge in [0.25, 0.3) is 0 Å². The van der Waals surface area contributed by atoms with E-state index in [2.05, 4.69) is 6.07 Å². The van der Waals surface area contributed by atoms with E-state index >= 15 is 0 Å². The molecule has 220 valence electrons. The smallest absolute Gasteiger partial charge is 0.232 e. The molecule has 0 fully saturated rings. The number of thioether (sulfide) groups is 1. The van der Waals surface area contributed by atoms with Crippen molar-refractivity contribution in [2.24, 2.45) is 0 Å². The molecular weight excluding hydrogens is 570 g/mol. The maximum Gasteiger partial charge on any atom is 0.232 e. The number of rotatable bonds is 11. The number of pyridine rings is 1. The Balaban J connectivity index is 1.52. The lowest BCUT2D eigenvalue weighted by atomic mass is 9.98. The number of aromatic nitrogens is 1. The highest BCUT2D eigenvalue weighted by Gasteiger charge is 2.22. The molecule has 5 aromatic rings. The van der Waals surface area contributed by atoms with E-state index in [-0.39, 0.29) is 12.3 Å². The maximum absolute atomic E-state index is 13.7. The summed E-state index contributed by atoms with van der Waals surface area (Å²) in [5.74, 6) is 1.78. The van der Waals surface area contributed by atoms with Gasteiger partial charge >= 0.3 is 0 Å². The van der Waals surface area contributed by atoms with E-state index in [0.29, 0.717) is 50.4 Å². The number of amides is 1. The minimum Gasteiger partial charge on any atom is -0.493 e. The van der Waals surface area contributed by atoms with Crippen LogP contribution in [0.5, 0.6) is 17.2 Å². The number of nitrogens with zero attached hydrogens (tertiary/aromatic N) is 3. The number of hydrogen-bond acceptors (Lipinski definition) is 7. The Morgan fingerprint density at radius 3 is 1.82 bits per heavy atom. The van der Waals surface area contributed by atoms with Crippen LogP contribution >= 0.6 is 11.8 Å². The summed E-state index contributed by atoms with van der Waals surface area (Å²) in [5.41, 5.74) is 4.98. The molecule has 0 atom stereocenters. The molecule has 0 unspecified atom stereocenters. The van der Waals surface area contributed by atoms with Crippen molar-refractivity contribution in [1.29, 1.82) is 5.26 Å². The normalized spacial score (nSPS) is 10.5. The standard InChI is InChI=1S/C36H31N3O4S/c1-41-32-21-26(22-33(42-2)35(32)43-3)29-23-31(25-13-7-4-8-14-25)38-36(30(29)24-37)44-20-19-34(40)39(27-15-9-5-10-16-27)28-17-11-6-12-18-28/h4-18,21-23H,19-20H2,1-3H3. The summed E-state index contributed by atoms with van der Waals surface area (Å²) in [6, 6.07) is 36.9. The van der Waals surface area contributed by atoms with Crippen molar-refractivity contribution in [2.75, 3.05) is 32.0 Å². The van der Waals surface area contributed by atoms with E-state index in [1.807, 2.05) is 109 Å². The monoisotopic (exact) mass is 601 g/mol. The van der Waals surface area contributed by atoms with Crippen LogP contribution in [0.2, 0.25) is 0 Å². The van der Waals surface area contributed by atoms with Gasteiger partial charge in [0, 0.05) is 34.7 Å². The maximum atomic E-state index is 13.7. The van der Waals surface area contributed by atoms with Gasteiger partial charge in [0.2, 0.25) is 11.7 Å². The number of benzene rings is 4. The van der Waals surface area contributed by atoms with Crippen LogP contribution in [0.1, 0.15) is 12.0 Å². The van der Waals surface area contributed by atoms with Crippen LogP contribution in [0.4, 0.5) is 11.4 Å². The predicted molar refractivity (Wildman–Crippen MR) is 175 cm³/mol. The summed E-state index contributed by atoms with van der Waals surface area (Å²) in [6.07, 6.45) is 0.232. The third-order valence-electron chi connectivity index (χ3n) is 6.98. The van der Waals surface area contributed by atoms with Crippen LogP contribution in [0.25, 0.3) is 22.4 Å². The molecule has 0 aliphatic heterocycles. The van der Waals surface area contributed by atoms with Gasteiger partial charge in [0.05, 0.1) is 32.6 Å². The topological polar surface area (TPSA) is 84.7 Å². The zero-order valence-corrected chi connectivity index (χ0v) is 25.5. The van der Waals surface area contributed by atoms with Crippen molar-refractivity contribution < 1.29 is 19.0 Å². The summed E-state index contributed by atoms with van der Waals surface area (Å²) in [6.45, 7) is 0. The first-order chi connectivity index (χ1) is 21.6. The lowest BCUT2D eigenvalue weighted by Crippen LogP contribution is -2.26. The minimum atomic E-state index is -0.0579. The Morgan fingerprint density at radius 1 is 0.773 bits per heavy atom. The van der Waals surface area contributed by atoms with Gasteiger partial charge in [-0.25, -0.2) is 4.98 Å². The second-order valence-corrected chi connectivity index (χ2v) is 10.7. The first-order valence-electron chi connectivity index (χ1n) is 13.9. The Bertz CT molecular complexity index is 1710. The zero-order valence-electron chi connectivity index (χ0n) is 24.7. The highest BCUT2D eigenvalue weighted by Crippen LogP contribution is 2.43. The van der Waals surface area contributed by atoms with Crippen LogP contribution in [-0.2, 0) is 4.79 Å². The molecule has 1 heterocycles. The van der Waals surface area contributed by atoms with Crippen LogP contribution in [-0.4, -0.2) is 38.0 Å². The van der Waals surface area contributed by atoms with Gasteiger partial charge in [0.1, 0.15) is 11.1 Å². The Hall–Kier alpha value is -5.26. The molecule has 0 radical (unpaired) electrons. The first kappa shape index (κ1) is 30.2. The zero-order chi connectivity index (χ0) is 30.9. The van der Waals surface area contributed by atoms with Crippen molar-refractivity contribution >= 4 is 29.0 Å². The molecule has 1 aromatic heterocycles. The molecule has 1 amide bonds. The quantitative estimate of drug-likeness (QED) is 0.141. The molecule has 7 nitrogen and oxygen atoms in total. The van der Waals surface area contributed by atoms with Gasteiger partial charge in [-0.05, 0) is 48.0 Å². The fraction of sp³-hybridized carbons (Fsp3) is 0.139. The second-order valence-electron chi connectivity index (χ2n) is 9.63. The minimum absolute atomic E-state index is 0.0579. The molecule has 8 heteroatoms. The second kappa shape index (κ2) is 14.3. The van der Waals surface area contributed by atoms with E-state index in [1.54, 1.807) is 26.2 Å². The van der Waals surface area contributed by atoms with Crippen LogP contribution < -0.4 is 19.1 Å². The van der Waals surface area contributed by atoms with E-state index < -0.39 is 0 Å². The van der Waals surface area contributed by atoms with E-state index in [1.165, 1.54) is 11.8 Å². The van der Waals surface area contributed by atoms with Gasteiger partial charge in [-0.3, -0.25) is 9.69 Å². The average molecular weight is 602 g/mol. The molecule has 5 rings (SSSR count). The number of hydrogen-bond donors (Lipinski definition) is 0. The number of carbonyl (C=O) groups excluding carboxylic acids is 1. The molecule has 0 saturated carbocycles. The fourth-order valence-electron chi connectivity index (χ4n) is 4.89. The number of ether oxygens (including phenoxy) is 3. The molecule has 44 heavy (non-hydrogen) atoms. The largest absolute Gasteiger partial charge is 0.493 e. The average Bonchev–Trinajstić information content (AvgIpc) is 3.08. The van der Waals surface area contributed by atoms with Gasteiger partial charge in [0.15, 0.2) is 11.5 Å². The van der Waals surface area contributed by atoms with Gasteiger partial charge in [-0.2, -0.15) is 5.26 Å². The molecule has 0 aliphatic carbocycles. The van der Waals surface area contributed by atoms with Crippen molar-refractivity contribution in [3.63, 3.8) is 0 Å².